The molecule has 2 aromatic heterocycles. The number of hydrogen-bond acceptors (Lipinski definition) is 5. The smallest absolute Gasteiger partial charge is 0.193 e. The minimum atomic E-state index is -1.87. The van der Waals surface area contributed by atoms with Crippen molar-refractivity contribution in [3.8, 4) is 5.82 Å². The molecular weight excluding hydrogens is 330 g/mol. The maximum absolute atomic E-state index is 6.34. The number of rotatable bonds is 4. The lowest BCUT2D eigenvalue weighted by molar-refractivity contribution is 0.198. The Balaban J connectivity index is 2.22. The summed E-state index contributed by atoms with van der Waals surface area (Å²) < 4.78 is 6.34. The van der Waals surface area contributed by atoms with E-state index in [2.05, 4.69) is 49.0 Å². The van der Waals surface area contributed by atoms with Crippen LogP contribution < -0.4 is 5.73 Å². The Morgan fingerprint density at radius 2 is 1.96 bits per heavy atom. The Labute approximate surface area is 143 Å². The number of anilines is 1. The zero-order valence-electron chi connectivity index (χ0n) is 14.5. The molecule has 1 atom stereocenters. The largest absolute Gasteiger partial charge is 0.409 e. The second-order valence-corrected chi connectivity index (χ2v) is 12.3. The molecule has 0 aliphatic heterocycles. The normalized spacial score (nSPS) is 14.0. The number of halogens is 1. The van der Waals surface area contributed by atoms with E-state index in [1.165, 1.54) is 11.0 Å². The van der Waals surface area contributed by atoms with Gasteiger partial charge < -0.3 is 10.2 Å². The zero-order chi connectivity index (χ0) is 17.4. The van der Waals surface area contributed by atoms with E-state index in [1.807, 2.05) is 6.92 Å². The van der Waals surface area contributed by atoms with E-state index in [0.29, 0.717) is 16.5 Å². The molecule has 0 amide bonds. The zero-order valence-corrected chi connectivity index (χ0v) is 16.2. The average Bonchev–Trinajstić information content (AvgIpc) is 2.86. The van der Waals surface area contributed by atoms with Crippen molar-refractivity contribution in [1.29, 1.82) is 0 Å². The number of nitrogen functional groups attached to an aromatic ring is 1. The first-order chi connectivity index (χ1) is 10.5. The molecule has 8 heteroatoms. The van der Waals surface area contributed by atoms with E-state index < -0.39 is 8.32 Å². The molecular formula is C15H24ClN5OSi. The molecule has 0 aliphatic carbocycles. The summed E-state index contributed by atoms with van der Waals surface area (Å²) in [7, 11) is -1.87. The van der Waals surface area contributed by atoms with Crippen molar-refractivity contribution in [2.45, 2.75) is 51.9 Å². The van der Waals surface area contributed by atoms with Gasteiger partial charge in [0.05, 0.1) is 29.2 Å². The summed E-state index contributed by atoms with van der Waals surface area (Å²) in [5.74, 6) is 0.451. The Hall–Kier alpha value is -1.44. The van der Waals surface area contributed by atoms with Crippen LogP contribution in [0, 0.1) is 0 Å². The highest BCUT2D eigenvalue weighted by molar-refractivity contribution is 6.74. The summed E-state index contributed by atoms with van der Waals surface area (Å²) >= 11 is 6.15. The first kappa shape index (κ1) is 17.9. The molecule has 0 aromatic carbocycles. The fraction of sp³-hybridized carbons (Fsp3) is 0.533. The van der Waals surface area contributed by atoms with Gasteiger partial charge in [0.1, 0.15) is 5.69 Å². The summed E-state index contributed by atoms with van der Waals surface area (Å²) in [5, 5.41) is 9.24. The monoisotopic (exact) mass is 353 g/mol. The average molecular weight is 354 g/mol. The van der Waals surface area contributed by atoms with Crippen LogP contribution in [0.25, 0.3) is 5.82 Å². The fourth-order valence-corrected chi connectivity index (χ4v) is 3.44. The topological polar surface area (TPSA) is 78.8 Å². The van der Waals surface area contributed by atoms with Gasteiger partial charge in [-0.3, -0.25) is 0 Å². The van der Waals surface area contributed by atoms with Crippen LogP contribution >= 0.6 is 11.6 Å². The summed E-state index contributed by atoms with van der Waals surface area (Å²) in [6, 6.07) is 1.63. The van der Waals surface area contributed by atoms with Crippen molar-refractivity contribution < 1.29 is 4.43 Å². The van der Waals surface area contributed by atoms with Crippen molar-refractivity contribution in [2.24, 2.45) is 0 Å². The molecule has 2 rings (SSSR count). The van der Waals surface area contributed by atoms with Crippen molar-refractivity contribution in [2.75, 3.05) is 5.73 Å². The van der Waals surface area contributed by atoms with Gasteiger partial charge >= 0.3 is 0 Å². The van der Waals surface area contributed by atoms with Gasteiger partial charge in [0.2, 0.25) is 0 Å². The maximum atomic E-state index is 6.34. The van der Waals surface area contributed by atoms with Gasteiger partial charge in [0, 0.05) is 0 Å². The SMILES string of the molecule is C[C@H](O[Si](C)(C)C(C)(C)C)c1cnn(-c2ncc(N)cc2Cl)n1. The fourth-order valence-electron chi connectivity index (χ4n) is 1.83. The molecule has 2 heterocycles. The van der Waals surface area contributed by atoms with Crippen molar-refractivity contribution in [3.05, 3.63) is 29.2 Å². The summed E-state index contributed by atoms with van der Waals surface area (Å²) in [4.78, 5) is 5.59. The number of nitrogens with two attached hydrogens (primary N) is 1. The highest BCUT2D eigenvalue weighted by Gasteiger charge is 2.39. The lowest BCUT2D eigenvalue weighted by Gasteiger charge is -2.38. The van der Waals surface area contributed by atoms with Crippen LogP contribution in [-0.2, 0) is 4.43 Å². The molecule has 0 radical (unpaired) electrons. The van der Waals surface area contributed by atoms with Gasteiger partial charge in [-0.15, -0.1) is 9.90 Å². The number of hydrogen-bond donors (Lipinski definition) is 1. The van der Waals surface area contributed by atoms with E-state index in [9.17, 15) is 0 Å². The highest BCUT2D eigenvalue weighted by atomic mass is 35.5. The molecule has 2 aromatic rings. The van der Waals surface area contributed by atoms with Gasteiger partial charge in [-0.2, -0.15) is 5.10 Å². The Bertz CT molecular complexity index is 695. The molecule has 0 bridgehead atoms. The summed E-state index contributed by atoms with van der Waals surface area (Å²) in [6.45, 7) is 13.0. The summed E-state index contributed by atoms with van der Waals surface area (Å²) in [6.07, 6.45) is 3.07. The molecule has 0 saturated heterocycles. The Morgan fingerprint density at radius 3 is 2.52 bits per heavy atom. The Morgan fingerprint density at radius 1 is 1.30 bits per heavy atom. The van der Waals surface area contributed by atoms with E-state index >= 15 is 0 Å². The van der Waals surface area contributed by atoms with Crippen LogP contribution in [0.3, 0.4) is 0 Å². The predicted octanol–water partition coefficient (Wildman–Crippen LogP) is 3.98. The second kappa shape index (κ2) is 6.22. The Kier molecular flexibility index (Phi) is 4.84. The van der Waals surface area contributed by atoms with Crippen molar-refractivity contribution >= 4 is 25.6 Å². The van der Waals surface area contributed by atoms with E-state index in [1.54, 1.807) is 12.3 Å². The lowest BCUT2D eigenvalue weighted by atomic mass is 10.2. The molecule has 0 unspecified atom stereocenters. The van der Waals surface area contributed by atoms with Crippen LogP contribution in [-0.4, -0.2) is 28.3 Å². The van der Waals surface area contributed by atoms with E-state index in [-0.39, 0.29) is 11.1 Å². The quantitative estimate of drug-likeness (QED) is 0.841. The standard InChI is InChI=1S/C15H24ClN5OSi/c1-10(22-23(5,6)15(2,3)4)13-9-19-21(20-13)14-12(16)7-11(17)8-18-14/h7-10H,17H2,1-6H3/t10-/m0/s1. The van der Waals surface area contributed by atoms with Crippen LogP contribution in [0.15, 0.2) is 18.5 Å². The van der Waals surface area contributed by atoms with Crippen LogP contribution in [0.1, 0.15) is 39.5 Å². The molecule has 0 aliphatic rings. The van der Waals surface area contributed by atoms with E-state index in [0.717, 1.165) is 5.69 Å². The minimum absolute atomic E-state index is 0.138. The van der Waals surface area contributed by atoms with Gasteiger partial charge in [-0.05, 0) is 31.1 Å². The third-order valence-corrected chi connectivity index (χ3v) is 9.07. The van der Waals surface area contributed by atoms with Gasteiger partial charge in [-0.25, -0.2) is 4.98 Å². The number of nitrogens with zero attached hydrogens (tertiary/aromatic N) is 4. The van der Waals surface area contributed by atoms with E-state index in [4.69, 9.17) is 21.8 Å². The first-order valence-corrected chi connectivity index (χ1v) is 10.8. The van der Waals surface area contributed by atoms with Crippen molar-refractivity contribution in [1.82, 2.24) is 20.0 Å². The molecule has 2 N–H and O–H groups in total. The molecule has 6 nitrogen and oxygen atoms in total. The molecule has 23 heavy (non-hydrogen) atoms. The maximum Gasteiger partial charge on any atom is 0.193 e. The predicted molar refractivity (Wildman–Crippen MR) is 95.3 cm³/mol. The molecule has 0 saturated carbocycles. The third kappa shape index (κ3) is 3.91. The van der Waals surface area contributed by atoms with Crippen molar-refractivity contribution in [3.63, 3.8) is 0 Å². The van der Waals surface area contributed by atoms with Crippen LogP contribution in [0.4, 0.5) is 5.69 Å². The molecule has 0 fully saturated rings. The summed E-state index contributed by atoms with van der Waals surface area (Å²) in [5.41, 5.74) is 6.91. The molecule has 126 valence electrons. The molecule has 0 spiro atoms. The lowest BCUT2D eigenvalue weighted by Crippen LogP contribution is -2.41. The minimum Gasteiger partial charge on any atom is -0.409 e. The van der Waals surface area contributed by atoms with Gasteiger partial charge in [-0.1, -0.05) is 32.4 Å². The van der Waals surface area contributed by atoms with Gasteiger partial charge in [0.15, 0.2) is 14.1 Å². The number of pyridine rings is 1. The number of aromatic nitrogens is 4. The highest BCUT2D eigenvalue weighted by Crippen LogP contribution is 2.39. The second-order valence-electron chi connectivity index (χ2n) is 7.15. The third-order valence-electron chi connectivity index (χ3n) is 4.24. The van der Waals surface area contributed by atoms with Crippen LogP contribution in [0.5, 0.6) is 0 Å². The van der Waals surface area contributed by atoms with Crippen LogP contribution in [0.2, 0.25) is 23.2 Å². The first-order valence-electron chi connectivity index (χ1n) is 7.53. The van der Waals surface area contributed by atoms with Gasteiger partial charge in [0.25, 0.3) is 0 Å².